The number of aliphatic hydroxyl groups is 1. The van der Waals surface area contributed by atoms with E-state index in [1.165, 1.54) is 0 Å². The zero-order chi connectivity index (χ0) is 12.2. The second-order valence-electron chi connectivity index (χ2n) is 4.79. The zero-order valence-electron chi connectivity index (χ0n) is 10.7. The van der Waals surface area contributed by atoms with Gasteiger partial charge in [-0.15, -0.1) is 0 Å². The monoisotopic (exact) mass is 222 g/mol. The van der Waals surface area contributed by atoms with Crippen molar-refractivity contribution in [3.05, 3.63) is 29.6 Å². The summed E-state index contributed by atoms with van der Waals surface area (Å²) in [4.78, 5) is 6.55. The lowest BCUT2D eigenvalue weighted by molar-refractivity contribution is 0.0215. The van der Waals surface area contributed by atoms with Gasteiger partial charge in [0.1, 0.15) is 0 Å². The van der Waals surface area contributed by atoms with E-state index in [9.17, 15) is 5.11 Å². The lowest BCUT2D eigenvalue weighted by Gasteiger charge is -2.27. The molecule has 0 fully saturated rings. The van der Waals surface area contributed by atoms with Crippen molar-refractivity contribution in [1.29, 1.82) is 0 Å². The molecule has 0 saturated heterocycles. The van der Waals surface area contributed by atoms with Crippen molar-refractivity contribution in [2.75, 3.05) is 13.6 Å². The molecule has 1 heterocycles. The minimum Gasteiger partial charge on any atom is -0.389 e. The largest absolute Gasteiger partial charge is 0.389 e. The summed E-state index contributed by atoms with van der Waals surface area (Å²) in [5.74, 6) is 0. The van der Waals surface area contributed by atoms with Crippen LogP contribution < -0.4 is 0 Å². The number of aromatic nitrogens is 1. The van der Waals surface area contributed by atoms with E-state index in [1.807, 2.05) is 46.0 Å². The number of hydrogen-bond donors (Lipinski definition) is 1. The molecule has 0 spiro atoms. The fraction of sp³-hybridized carbons (Fsp3) is 0.615. The summed E-state index contributed by atoms with van der Waals surface area (Å²) in [6.07, 6.45) is 0.762. The molecule has 1 unspecified atom stereocenters. The highest BCUT2D eigenvalue weighted by molar-refractivity contribution is 5.09. The van der Waals surface area contributed by atoms with Crippen molar-refractivity contribution in [2.24, 2.45) is 0 Å². The average molecular weight is 222 g/mol. The van der Waals surface area contributed by atoms with Crippen molar-refractivity contribution in [3.63, 3.8) is 0 Å². The molecule has 3 nitrogen and oxygen atoms in total. The van der Waals surface area contributed by atoms with E-state index in [0.717, 1.165) is 24.4 Å². The Hall–Kier alpha value is -0.930. The maximum atomic E-state index is 9.96. The summed E-state index contributed by atoms with van der Waals surface area (Å²) < 4.78 is 0. The van der Waals surface area contributed by atoms with Gasteiger partial charge in [0.05, 0.1) is 11.3 Å². The van der Waals surface area contributed by atoms with Gasteiger partial charge in [0.25, 0.3) is 0 Å². The second-order valence-corrected chi connectivity index (χ2v) is 4.79. The van der Waals surface area contributed by atoms with Gasteiger partial charge < -0.3 is 5.11 Å². The Morgan fingerprint density at radius 3 is 2.69 bits per heavy atom. The molecule has 3 heteroatoms. The highest BCUT2D eigenvalue weighted by Crippen LogP contribution is 2.11. The number of hydrogen-bond acceptors (Lipinski definition) is 3. The second kappa shape index (κ2) is 5.41. The van der Waals surface area contributed by atoms with Crippen LogP contribution in [0, 0.1) is 6.92 Å². The first-order chi connectivity index (χ1) is 7.43. The van der Waals surface area contributed by atoms with Gasteiger partial charge in [0.2, 0.25) is 0 Å². The molecule has 1 N–H and O–H groups in total. The van der Waals surface area contributed by atoms with Crippen molar-refractivity contribution in [3.8, 4) is 0 Å². The molecule has 1 aromatic rings. The Morgan fingerprint density at radius 1 is 1.44 bits per heavy atom. The molecule has 1 atom stereocenters. The van der Waals surface area contributed by atoms with Gasteiger partial charge in [-0.25, -0.2) is 0 Å². The van der Waals surface area contributed by atoms with Crippen molar-refractivity contribution >= 4 is 0 Å². The van der Waals surface area contributed by atoms with E-state index in [2.05, 4.69) is 9.88 Å². The van der Waals surface area contributed by atoms with E-state index >= 15 is 0 Å². The highest BCUT2D eigenvalue weighted by atomic mass is 16.3. The van der Waals surface area contributed by atoms with E-state index in [4.69, 9.17) is 0 Å². The molecular formula is C13H22N2O. The Bertz CT molecular complexity index is 336. The quantitative estimate of drug-likeness (QED) is 0.827. The number of likely N-dealkylation sites (N-methyl/N-ethyl adjacent to an activating group) is 1. The number of pyridine rings is 1. The minimum atomic E-state index is -0.613. The van der Waals surface area contributed by atoms with Gasteiger partial charge in [-0.1, -0.05) is 13.0 Å². The van der Waals surface area contributed by atoms with Gasteiger partial charge in [-0.2, -0.15) is 0 Å². The van der Waals surface area contributed by atoms with Crippen LogP contribution >= 0.6 is 0 Å². The molecule has 1 rings (SSSR count). The van der Waals surface area contributed by atoms with Crippen LogP contribution in [-0.2, 0) is 6.54 Å². The van der Waals surface area contributed by atoms with Gasteiger partial charge in [0.15, 0.2) is 0 Å². The first kappa shape index (κ1) is 13.1. The third-order valence-corrected chi connectivity index (χ3v) is 2.75. The Labute approximate surface area is 98.1 Å². The molecular weight excluding hydrogens is 200 g/mol. The van der Waals surface area contributed by atoms with Crippen LogP contribution in [0.25, 0.3) is 0 Å². The first-order valence-corrected chi connectivity index (χ1v) is 5.76. The van der Waals surface area contributed by atoms with Crippen LogP contribution in [0.1, 0.15) is 31.7 Å². The molecule has 0 amide bonds. The molecule has 0 aromatic carbocycles. The van der Waals surface area contributed by atoms with Gasteiger partial charge in [-0.3, -0.25) is 9.88 Å². The van der Waals surface area contributed by atoms with Gasteiger partial charge >= 0.3 is 0 Å². The highest BCUT2D eigenvalue weighted by Gasteiger charge is 2.19. The Kier molecular flexibility index (Phi) is 4.44. The summed E-state index contributed by atoms with van der Waals surface area (Å²) >= 11 is 0. The normalized spacial score (nSPS) is 15.1. The Balaban J connectivity index is 2.55. The van der Waals surface area contributed by atoms with Crippen LogP contribution in [0.2, 0.25) is 0 Å². The Morgan fingerprint density at radius 2 is 2.12 bits per heavy atom. The SMILES string of the molecule is CCC(C)(O)CN(C)Cc1cccc(C)n1. The first-order valence-electron chi connectivity index (χ1n) is 5.76. The zero-order valence-corrected chi connectivity index (χ0v) is 10.7. The number of aryl methyl sites for hydroxylation is 1. The van der Waals surface area contributed by atoms with Crippen LogP contribution in [0.15, 0.2) is 18.2 Å². The predicted octanol–water partition coefficient (Wildman–Crippen LogP) is 1.98. The van der Waals surface area contributed by atoms with E-state index < -0.39 is 5.60 Å². The predicted molar refractivity (Wildman–Crippen MR) is 66.2 cm³/mol. The number of rotatable bonds is 5. The smallest absolute Gasteiger partial charge is 0.0743 e. The van der Waals surface area contributed by atoms with Crippen LogP contribution in [0.3, 0.4) is 0 Å². The molecule has 0 saturated carbocycles. The lowest BCUT2D eigenvalue weighted by atomic mass is 10.0. The third kappa shape index (κ3) is 4.29. The fourth-order valence-corrected chi connectivity index (χ4v) is 1.71. The van der Waals surface area contributed by atoms with E-state index in [-0.39, 0.29) is 0 Å². The fourth-order valence-electron chi connectivity index (χ4n) is 1.71. The summed E-state index contributed by atoms with van der Waals surface area (Å²) in [5.41, 5.74) is 1.47. The molecule has 0 aliphatic rings. The number of nitrogens with zero attached hydrogens (tertiary/aromatic N) is 2. The van der Waals surface area contributed by atoms with Crippen molar-refractivity contribution < 1.29 is 5.11 Å². The van der Waals surface area contributed by atoms with Gasteiger partial charge in [0, 0.05) is 18.8 Å². The average Bonchev–Trinajstić information content (AvgIpc) is 2.16. The standard InChI is InChI=1S/C13H22N2O/c1-5-13(3,16)10-15(4)9-12-8-6-7-11(2)14-12/h6-8,16H,5,9-10H2,1-4H3. The topological polar surface area (TPSA) is 36.4 Å². The lowest BCUT2D eigenvalue weighted by Crippen LogP contribution is -2.38. The van der Waals surface area contributed by atoms with Crippen LogP contribution in [0.4, 0.5) is 0 Å². The summed E-state index contributed by atoms with van der Waals surface area (Å²) in [5, 5.41) is 9.96. The molecule has 16 heavy (non-hydrogen) atoms. The van der Waals surface area contributed by atoms with Crippen LogP contribution in [-0.4, -0.2) is 34.2 Å². The molecule has 0 radical (unpaired) electrons. The molecule has 1 aromatic heterocycles. The van der Waals surface area contributed by atoms with E-state index in [0.29, 0.717) is 6.54 Å². The molecule has 0 aliphatic carbocycles. The maximum Gasteiger partial charge on any atom is 0.0743 e. The summed E-state index contributed by atoms with van der Waals surface area (Å²) in [6, 6.07) is 6.03. The van der Waals surface area contributed by atoms with Crippen molar-refractivity contribution in [1.82, 2.24) is 9.88 Å². The molecule has 0 aliphatic heterocycles. The summed E-state index contributed by atoms with van der Waals surface area (Å²) in [7, 11) is 2.01. The van der Waals surface area contributed by atoms with E-state index in [1.54, 1.807) is 0 Å². The van der Waals surface area contributed by atoms with Gasteiger partial charge in [-0.05, 0) is 39.4 Å². The molecule has 90 valence electrons. The summed E-state index contributed by atoms with van der Waals surface area (Å²) in [6.45, 7) is 7.30. The minimum absolute atomic E-state index is 0.613. The maximum absolute atomic E-state index is 9.96. The molecule has 0 bridgehead atoms. The van der Waals surface area contributed by atoms with Crippen LogP contribution in [0.5, 0.6) is 0 Å². The van der Waals surface area contributed by atoms with Crippen molar-refractivity contribution in [2.45, 2.75) is 39.3 Å². The third-order valence-electron chi connectivity index (χ3n) is 2.75.